The maximum Gasteiger partial charge on any atom is 0.126 e. The fourth-order valence-electron chi connectivity index (χ4n) is 3.32. The summed E-state index contributed by atoms with van der Waals surface area (Å²) in [4.78, 5) is 0. The van der Waals surface area contributed by atoms with Crippen LogP contribution in [0.4, 0.5) is 0 Å². The number of aliphatic hydroxyl groups excluding tert-OH is 3. The third-order valence-corrected chi connectivity index (χ3v) is 4.89. The first-order chi connectivity index (χ1) is 13.7. The zero-order chi connectivity index (χ0) is 20.6. The topological polar surface area (TPSA) is 80.9 Å². The van der Waals surface area contributed by atoms with Gasteiger partial charge in [-0.05, 0) is 55.7 Å². The molecule has 0 aliphatic carbocycles. The predicted octanol–water partition coefficient (Wildman–Crippen LogP) is 4.83. The molecule has 0 amide bonds. The Morgan fingerprint density at radius 3 is 2.04 bits per heavy atom. The molecule has 4 N–H and O–H groups in total. The fourth-order valence-corrected chi connectivity index (χ4v) is 3.32. The number of allylic oxidation sites excluding steroid dienone is 5. The summed E-state index contributed by atoms with van der Waals surface area (Å²) in [6.07, 6.45) is 19.9. The molecule has 0 bridgehead atoms. The van der Waals surface area contributed by atoms with Crippen LogP contribution in [0.1, 0.15) is 73.6 Å². The Bertz CT molecular complexity index is 632. The molecule has 4 nitrogen and oxygen atoms in total. The number of phenols is 1. The van der Waals surface area contributed by atoms with Crippen LogP contribution in [-0.4, -0.2) is 20.4 Å². The number of hydrogen-bond donors (Lipinski definition) is 4. The summed E-state index contributed by atoms with van der Waals surface area (Å²) in [5.41, 5.74) is 2.27. The lowest BCUT2D eigenvalue weighted by Crippen LogP contribution is -2.04. The van der Waals surface area contributed by atoms with Gasteiger partial charge in [0.05, 0.1) is 19.8 Å². The molecule has 0 heterocycles. The molecule has 0 aliphatic rings. The van der Waals surface area contributed by atoms with Gasteiger partial charge in [-0.1, -0.05) is 49.6 Å². The highest BCUT2D eigenvalue weighted by Gasteiger charge is 2.16. The Kier molecular flexibility index (Phi) is 13.0. The van der Waals surface area contributed by atoms with Crippen molar-refractivity contribution in [2.24, 2.45) is 0 Å². The molecule has 28 heavy (non-hydrogen) atoms. The quantitative estimate of drug-likeness (QED) is 0.256. The Balaban J connectivity index is 2.32. The van der Waals surface area contributed by atoms with Crippen LogP contribution in [0.2, 0.25) is 0 Å². The largest absolute Gasteiger partial charge is 0.507 e. The number of benzene rings is 1. The van der Waals surface area contributed by atoms with Crippen molar-refractivity contribution >= 4 is 0 Å². The van der Waals surface area contributed by atoms with Gasteiger partial charge in [-0.15, -0.1) is 6.58 Å². The smallest absolute Gasteiger partial charge is 0.126 e. The van der Waals surface area contributed by atoms with Gasteiger partial charge in [-0.3, -0.25) is 0 Å². The van der Waals surface area contributed by atoms with Crippen LogP contribution in [-0.2, 0) is 26.2 Å². The summed E-state index contributed by atoms with van der Waals surface area (Å²) in [5.74, 6) is -0.0525. The van der Waals surface area contributed by atoms with E-state index in [1.54, 1.807) is 6.07 Å². The summed E-state index contributed by atoms with van der Waals surface area (Å²) in [5, 5.41) is 38.7. The lowest BCUT2D eigenvalue weighted by Gasteiger charge is -2.17. The van der Waals surface area contributed by atoms with Gasteiger partial charge in [0.2, 0.25) is 0 Å². The zero-order valence-electron chi connectivity index (χ0n) is 16.9. The van der Waals surface area contributed by atoms with Crippen LogP contribution in [0, 0.1) is 0 Å². The van der Waals surface area contributed by atoms with Crippen molar-refractivity contribution < 1.29 is 20.4 Å². The van der Waals surface area contributed by atoms with Crippen LogP contribution < -0.4 is 0 Å². The van der Waals surface area contributed by atoms with Gasteiger partial charge in [-0.25, -0.2) is 0 Å². The molecule has 0 saturated carbocycles. The van der Waals surface area contributed by atoms with Crippen LogP contribution in [0.25, 0.3) is 0 Å². The maximum absolute atomic E-state index is 10.2. The highest BCUT2D eigenvalue weighted by Crippen LogP contribution is 2.31. The van der Waals surface area contributed by atoms with Crippen molar-refractivity contribution in [2.45, 2.75) is 77.6 Å². The number of aliphatic hydroxyl groups is 3. The van der Waals surface area contributed by atoms with E-state index in [9.17, 15) is 20.4 Å². The van der Waals surface area contributed by atoms with Gasteiger partial charge in [0.25, 0.3) is 0 Å². The van der Waals surface area contributed by atoms with E-state index < -0.39 is 0 Å². The van der Waals surface area contributed by atoms with Gasteiger partial charge >= 0.3 is 0 Å². The number of hydrogen-bond acceptors (Lipinski definition) is 4. The highest BCUT2D eigenvalue weighted by molar-refractivity contribution is 5.49. The first kappa shape index (κ1) is 24.2. The second-order valence-corrected chi connectivity index (χ2v) is 6.98. The van der Waals surface area contributed by atoms with Crippen molar-refractivity contribution in [3.8, 4) is 5.75 Å². The van der Waals surface area contributed by atoms with Crippen LogP contribution in [0.3, 0.4) is 0 Å². The minimum atomic E-state index is -0.314. The zero-order valence-corrected chi connectivity index (χ0v) is 16.9. The third-order valence-electron chi connectivity index (χ3n) is 4.89. The molecular weight excluding hydrogens is 352 g/mol. The highest BCUT2D eigenvalue weighted by atomic mass is 16.3. The van der Waals surface area contributed by atoms with Crippen molar-refractivity contribution in [3.05, 3.63) is 65.3 Å². The molecule has 1 rings (SSSR count). The minimum absolute atomic E-state index is 0.0525. The molecule has 1 aromatic rings. The van der Waals surface area contributed by atoms with Crippen molar-refractivity contribution in [1.82, 2.24) is 0 Å². The van der Waals surface area contributed by atoms with E-state index in [1.165, 1.54) is 12.8 Å². The molecule has 0 spiro atoms. The van der Waals surface area contributed by atoms with Gasteiger partial charge in [-0.2, -0.15) is 0 Å². The predicted molar refractivity (Wildman–Crippen MR) is 115 cm³/mol. The summed E-state index contributed by atoms with van der Waals surface area (Å²) < 4.78 is 0. The summed E-state index contributed by atoms with van der Waals surface area (Å²) >= 11 is 0. The van der Waals surface area contributed by atoms with E-state index >= 15 is 0 Å². The number of aromatic hydroxyl groups is 1. The summed E-state index contributed by atoms with van der Waals surface area (Å²) in [7, 11) is 0. The molecule has 0 unspecified atom stereocenters. The van der Waals surface area contributed by atoms with E-state index in [4.69, 9.17) is 0 Å². The Morgan fingerprint density at radius 1 is 0.714 bits per heavy atom. The minimum Gasteiger partial charge on any atom is -0.507 e. The molecule has 0 saturated heterocycles. The van der Waals surface area contributed by atoms with E-state index in [-0.39, 0.29) is 25.6 Å². The lowest BCUT2D eigenvalue weighted by molar-refractivity contribution is 0.257. The van der Waals surface area contributed by atoms with Gasteiger partial charge in [0.1, 0.15) is 5.75 Å². The molecule has 0 fully saturated rings. The van der Waals surface area contributed by atoms with Crippen LogP contribution in [0.5, 0.6) is 5.75 Å². The number of unbranched alkanes of at least 4 members (excludes halogenated alkanes) is 5. The van der Waals surface area contributed by atoms with Crippen LogP contribution >= 0.6 is 0 Å². The van der Waals surface area contributed by atoms with E-state index in [0.717, 1.165) is 44.1 Å². The molecule has 4 heteroatoms. The molecular formula is C24H36O4. The van der Waals surface area contributed by atoms with E-state index in [2.05, 4.69) is 30.9 Å². The van der Waals surface area contributed by atoms with Crippen molar-refractivity contribution in [2.75, 3.05) is 0 Å². The third kappa shape index (κ3) is 8.42. The average Bonchev–Trinajstić information content (AvgIpc) is 2.71. The Hall–Kier alpha value is -1.88. The van der Waals surface area contributed by atoms with E-state index in [0.29, 0.717) is 23.1 Å². The van der Waals surface area contributed by atoms with Gasteiger partial charge in [0.15, 0.2) is 0 Å². The fraction of sp³-hybridized carbons (Fsp3) is 0.500. The van der Waals surface area contributed by atoms with Crippen LogP contribution in [0.15, 0.2) is 43.0 Å². The first-order valence-electron chi connectivity index (χ1n) is 10.3. The monoisotopic (exact) mass is 388 g/mol. The Morgan fingerprint density at radius 2 is 1.36 bits per heavy atom. The van der Waals surface area contributed by atoms with Gasteiger partial charge in [0, 0.05) is 11.1 Å². The number of rotatable bonds is 15. The maximum atomic E-state index is 10.2. The van der Waals surface area contributed by atoms with Crippen molar-refractivity contribution in [1.29, 1.82) is 0 Å². The molecule has 0 atom stereocenters. The molecule has 0 aromatic heterocycles. The normalized spacial score (nSPS) is 11.7. The van der Waals surface area contributed by atoms with Gasteiger partial charge < -0.3 is 20.4 Å². The summed E-state index contributed by atoms with van der Waals surface area (Å²) in [6, 6.07) is 1.63. The average molecular weight is 389 g/mol. The second-order valence-electron chi connectivity index (χ2n) is 6.98. The molecule has 0 aliphatic heterocycles. The second kappa shape index (κ2) is 15.1. The molecule has 0 radical (unpaired) electrons. The lowest BCUT2D eigenvalue weighted by atomic mass is 9.92. The van der Waals surface area contributed by atoms with Crippen molar-refractivity contribution in [3.63, 3.8) is 0 Å². The first-order valence-corrected chi connectivity index (χ1v) is 10.3. The Labute approximate surface area is 169 Å². The molecule has 1 aromatic carbocycles. The van der Waals surface area contributed by atoms with E-state index in [1.807, 2.05) is 6.08 Å². The molecule has 156 valence electrons. The summed E-state index contributed by atoms with van der Waals surface area (Å²) in [6.45, 7) is 2.91. The standard InChI is InChI=1S/C24H36O4/c1-2-3-4-5-6-7-8-9-10-11-12-13-14-15-22-20(17-25)16-21(18-26)24(28)23(22)19-27/h2,4-5,7-8,16,25-28H,1,3,6,9-15,17-19H2/b5-4-,8-7-. The SMILES string of the molecule is C=CC/C=C\C/C=C\CCCCCCCc1c(CO)cc(CO)c(O)c1CO.